The average molecular weight is 388 g/mol. The van der Waals surface area contributed by atoms with Crippen LogP contribution in [0.5, 0.6) is 0 Å². The fraction of sp³-hybridized carbons (Fsp3) is 0.550. The predicted octanol–water partition coefficient (Wildman–Crippen LogP) is 3.03. The van der Waals surface area contributed by atoms with Crippen LogP contribution >= 0.6 is 0 Å². The Labute approximate surface area is 160 Å². The predicted molar refractivity (Wildman–Crippen MR) is 103 cm³/mol. The summed E-state index contributed by atoms with van der Waals surface area (Å²) in [5.41, 5.74) is 1.67. The maximum absolute atomic E-state index is 13.3. The van der Waals surface area contributed by atoms with Gasteiger partial charge in [0.2, 0.25) is 9.84 Å². The first-order valence-corrected chi connectivity index (χ1v) is 10.5. The number of pyridine rings is 1. The first-order valence-electron chi connectivity index (χ1n) is 9.06. The lowest BCUT2D eigenvalue weighted by atomic mass is 9.87. The van der Waals surface area contributed by atoms with Crippen molar-refractivity contribution >= 4 is 15.5 Å². The molecule has 2 atom stereocenters. The highest BCUT2D eigenvalue weighted by atomic mass is 32.2. The van der Waals surface area contributed by atoms with Crippen LogP contribution in [0.1, 0.15) is 39.3 Å². The Kier molecular flexibility index (Phi) is 5.00. The Morgan fingerprint density at radius 2 is 2.11 bits per heavy atom. The van der Waals surface area contributed by atoms with Gasteiger partial charge < -0.3 is 4.74 Å². The van der Waals surface area contributed by atoms with Crippen molar-refractivity contribution in [3.05, 3.63) is 35.5 Å². The van der Waals surface area contributed by atoms with Crippen LogP contribution < -0.4 is 0 Å². The van der Waals surface area contributed by atoms with E-state index in [2.05, 4.69) is 16.0 Å². The van der Waals surface area contributed by atoms with Gasteiger partial charge in [0.1, 0.15) is 0 Å². The SMILES string of the molecule is Cc1cccc(S(=O)(=O)C2(C)CCOC(C3=CC(C(C)(C)C#N)=NC3)C2)n1. The van der Waals surface area contributed by atoms with Crippen molar-refractivity contribution in [2.45, 2.75) is 56.4 Å². The molecule has 0 bridgehead atoms. The van der Waals surface area contributed by atoms with E-state index in [-0.39, 0.29) is 11.1 Å². The zero-order valence-electron chi connectivity index (χ0n) is 16.2. The summed E-state index contributed by atoms with van der Waals surface area (Å²) in [5.74, 6) is 0. The molecule has 1 saturated heterocycles. The number of allylic oxidation sites excluding steroid dienone is 1. The van der Waals surface area contributed by atoms with Crippen LogP contribution in [0, 0.1) is 23.7 Å². The number of hydrogen-bond acceptors (Lipinski definition) is 6. The number of aryl methyl sites for hydroxylation is 1. The molecule has 7 heteroatoms. The average Bonchev–Trinajstić information content (AvgIpc) is 3.13. The number of rotatable bonds is 4. The number of aliphatic imine (C=N–C) groups is 1. The molecule has 144 valence electrons. The van der Waals surface area contributed by atoms with Crippen LogP contribution in [0.2, 0.25) is 0 Å². The van der Waals surface area contributed by atoms with Crippen LogP contribution in [0.4, 0.5) is 0 Å². The van der Waals surface area contributed by atoms with Gasteiger partial charge in [-0.15, -0.1) is 0 Å². The van der Waals surface area contributed by atoms with E-state index in [1.165, 1.54) is 0 Å². The van der Waals surface area contributed by atoms with Gasteiger partial charge in [-0.2, -0.15) is 5.26 Å². The first kappa shape index (κ1) is 19.7. The normalized spacial score (nSPS) is 26.3. The minimum atomic E-state index is -3.60. The van der Waals surface area contributed by atoms with Gasteiger partial charge in [-0.3, -0.25) is 4.99 Å². The highest BCUT2D eigenvalue weighted by Crippen LogP contribution is 2.39. The van der Waals surface area contributed by atoms with Gasteiger partial charge in [-0.05, 0) is 64.3 Å². The third-order valence-electron chi connectivity index (χ3n) is 5.44. The first-order chi connectivity index (χ1) is 12.6. The molecule has 3 heterocycles. The highest BCUT2D eigenvalue weighted by Gasteiger charge is 2.46. The second kappa shape index (κ2) is 6.84. The summed E-state index contributed by atoms with van der Waals surface area (Å²) in [6.45, 7) is 8.02. The molecule has 27 heavy (non-hydrogen) atoms. The summed E-state index contributed by atoms with van der Waals surface area (Å²) in [7, 11) is -3.60. The zero-order valence-corrected chi connectivity index (χ0v) is 17.0. The third-order valence-corrected chi connectivity index (χ3v) is 7.89. The summed E-state index contributed by atoms with van der Waals surface area (Å²) in [6, 6.07) is 7.32. The lowest BCUT2D eigenvalue weighted by Gasteiger charge is -2.37. The van der Waals surface area contributed by atoms with Gasteiger partial charge in [0.15, 0.2) is 5.03 Å². The minimum Gasteiger partial charge on any atom is -0.374 e. The third kappa shape index (κ3) is 3.56. The van der Waals surface area contributed by atoms with Crippen molar-refractivity contribution in [2.24, 2.45) is 10.4 Å². The molecule has 2 aliphatic rings. The Balaban J connectivity index is 1.86. The van der Waals surface area contributed by atoms with E-state index in [0.717, 1.165) is 11.3 Å². The van der Waals surface area contributed by atoms with E-state index in [4.69, 9.17) is 4.74 Å². The molecule has 0 radical (unpaired) electrons. The van der Waals surface area contributed by atoms with Gasteiger partial charge in [0, 0.05) is 12.3 Å². The number of sulfone groups is 1. The zero-order chi connectivity index (χ0) is 19.9. The quantitative estimate of drug-likeness (QED) is 0.792. The Morgan fingerprint density at radius 3 is 2.78 bits per heavy atom. The summed E-state index contributed by atoms with van der Waals surface area (Å²) >= 11 is 0. The van der Waals surface area contributed by atoms with Crippen molar-refractivity contribution in [1.29, 1.82) is 5.26 Å². The Morgan fingerprint density at radius 1 is 1.37 bits per heavy atom. The van der Waals surface area contributed by atoms with Gasteiger partial charge in [-0.25, -0.2) is 13.4 Å². The molecule has 1 aromatic rings. The number of nitrogens with zero attached hydrogens (tertiary/aromatic N) is 3. The molecular formula is C20H25N3O3S. The minimum absolute atomic E-state index is 0.119. The summed E-state index contributed by atoms with van der Waals surface area (Å²) < 4.78 is 31.5. The van der Waals surface area contributed by atoms with E-state index in [1.807, 2.05) is 19.9 Å². The van der Waals surface area contributed by atoms with Crippen molar-refractivity contribution in [3.8, 4) is 6.07 Å². The van der Waals surface area contributed by atoms with E-state index in [9.17, 15) is 13.7 Å². The fourth-order valence-electron chi connectivity index (χ4n) is 3.45. The second-order valence-corrected chi connectivity index (χ2v) is 10.5. The smallest absolute Gasteiger partial charge is 0.201 e. The molecule has 1 aromatic heterocycles. The monoisotopic (exact) mass is 387 g/mol. The highest BCUT2D eigenvalue weighted by molar-refractivity contribution is 7.92. The summed E-state index contributed by atoms with van der Waals surface area (Å²) in [6.07, 6.45) is 2.36. The molecule has 0 N–H and O–H groups in total. The van der Waals surface area contributed by atoms with Gasteiger partial charge >= 0.3 is 0 Å². The maximum Gasteiger partial charge on any atom is 0.201 e. The van der Waals surface area contributed by atoms with E-state index in [0.29, 0.717) is 31.7 Å². The fourth-order valence-corrected chi connectivity index (χ4v) is 5.20. The topological polar surface area (TPSA) is 92.4 Å². The lowest BCUT2D eigenvalue weighted by Crippen LogP contribution is -2.45. The van der Waals surface area contributed by atoms with Gasteiger partial charge in [0.25, 0.3) is 0 Å². The standard InChI is InChI=1S/C20H25N3O3S/c1-14-6-5-7-18(23-14)27(24,25)20(4)8-9-26-16(11-20)15-10-17(22-12-15)19(2,3)13-21/h5-7,10,16H,8-9,11-12H2,1-4H3. The van der Waals surface area contributed by atoms with Crippen LogP contribution in [0.15, 0.2) is 39.9 Å². The largest absolute Gasteiger partial charge is 0.374 e. The molecule has 2 unspecified atom stereocenters. The molecule has 1 fully saturated rings. The Hall–Kier alpha value is -2.04. The van der Waals surface area contributed by atoms with Crippen LogP contribution in [-0.2, 0) is 14.6 Å². The van der Waals surface area contributed by atoms with Crippen LogP contribution in [0.3, 0.4) is 0 Å². The molecular weight excluding hydrogens is 362 g/mol. The number of nitriles is 1. The number of hydrogen-bond donors (Lipinski definition) is 0. The second-order valence-electron chi connectivity index (χ2n) is 8.04. The lowest BCUT2D eigenvalue weighted by molar-refractivity contribution is 0.0236. The molecule has 0 amide bonds. The molecule has 0 aliphatic carbocycles. The molecule has 3 rings (SSSR count). The van der Waals surface area contributed by atoms with Crippen molar-refractivity contribution < 1.29 is 13.2 Å². The van der Waals surface area contributed by atoms with Crippen molar-refractivity contribution in [3.63, 3.8) is 0 Å². The molecule has 0 saturated carbocycles. The van der Waals surface area contributed by atoms with Crippen molar-refractivity contribution in [1.82, 2.24) is 4.98 Å². The molecule has 6 nitrogen and oxygen atoms in total. The molecule has 0 aromatic carbocycles. The van der Waals surface area contributed by atoms with E-state index in [1.54, 1.807) is 32.0 Å². The summed E-state index contributed by atoms with van der Waals surface area (Å²) in [5, 5.41) is 9.43. The maximum atomic E-state index is 13.3. The molecule has 0 spiro atoms. The summed E-state index contributed by atoms with van der Waals surface area (Å²) in [4.78, 5) is 8.72. The van der Waals surface area contributed by atoms with Gasteiger partial charge in [0.05, 0.1) is 34.6 Å². The number of ether oxygens (including phenoxy) is 1. The van der Waals surface area contributed by atoms with Crippen molar-refractivity contribution in [2.75, 3.05) is 13.2 Å². The van der Waals surface area contributed by atoms with E-state index < -0.39 is 20.0 Å². The van der Waals surface area contributed by atoms with Crippen LogP contribution in [0.25, 0.3) is 0 Å². The Bertz CT molecular complexity index is 957. The molecule has 2 aliphatic heterocycles. The van der Waals surface area contributed by atoms with Gasteiger partial charge in [-0.1, -0.05) is 6.07 Å². The number of aromatic nitrogens is 1. The van der Waals surface area contributed by atoms with Crippen LogP contribution in [-0.4, -0.2) is 43.1 Å². The van der Waals surface area contributed by atoms with E-state index >= 15 is 0 Å².